The maximum atomic E-state index is 12.3. The van der Waals surface area contributed by atoms with Crippen molar-refractivity contribution in [2.24, 2.45) is 0 Å². The lowest BCUT2D eigenvalue weighted by Crippen LogP contribution is -2.28. The number of carbonyl (C=O) groups is 1. The van der Waals surface area contributed by atoms with E-state index in [1.807, 2.05) is 12.1 Å². The Bertz CT molecular complexity index is 548. The van der Waals surface area contributed by atoms with Crippen molar-refractivity contribution in [2.45, 2.75) is 45.0 Å². The number of benzene rings is 1. The van der Waals surface area contributed by atoms with Gasteiger partial charge in [-0.25, -0.2) is 4.79 Å². The van der Waals surface area contributed by atoms with Gasteiger partial charge in [-0.1, -0.05) is 13.3 Å². The smallest absolute Gasteiger partial charge is 0.342 e. The first-order chi connectivity index (χ1) is 10.7. The minimum absolute atomic E-state index is 0.0573. The molecule has 1 aromatic rings. The first-order valence-electron chi connectivity index (χ1n) is 7.88. The van der Waals surface area contributed by atoms with Gasteiger partial charge in [-0.2, -0.15) is 0 Å². The summed E-state index contributed by atoms with van der Waals surface area (Å²) in [5, 5.41) is 0. The normalized spacial score (nSPS) is 22.1. The zero-order valence-corrected chi connectivity index (χ0v) is 13.1. The molecule has 0 amide bonds. The van der Waals surface area contributed by atoms with Crippen LogP contribution in [0.1, 0.15) is 54.0 Å². The highest BCUT2D eigenvalue weighted by molar-refractivity contribution is 5.95. The van der Waals surface area contributed by atoms with E-state index in [1.165, 1.54) is 0 Å². The van der Waals surface area contributed by atoms with Crippen LogP contribution >= 0.6 is 0 Å². The molecule has 0 spiro atoms. The molecule has 5 nitrogen and oxygen atoms in total. The lowest BCUT2D eigenvalue weighted by Gasteiger charge is -2.28. The number of cyclic esters (lactones) is 1. The summed E-state index contributed by atoms with van der Waals surface area (Å²) in [7, 11) is 1.56. The summed E-state index contributed by atoms with van der Waals surface area (Å²) in [4.78, 5) is 12.3. The van der Waals surface area contributed by atoms with Crippen LogP contribution in [-0.4, -0.2) is 32.4 Å². The molecule has 0 saturated carbocycles. The second-order valence-corrected chi connectivity index (χ2v) is 5.70. The molecular formula is C17H22O5. The summed E-state index contributed by atoms with van der Waals surface area (Å²) < 4.78 is 22.2. The molecule has 0 aromatic heterocycles. The summed E-state index contributed by atoms with van der Waals surface area (Å²) in [6.07, 6.45) is 3.04. The summed E-state index contributed by atoms with van der Waals surface area (Å²) in [6, 6.07) is 3.81. The maximum Gasteiger partial charge on any atom is 0.342 e. The van der Waals surface area contributed by atoms with Crippen molar-refractivity contribution in [1.29, 1.82) is 0 Å². The zero-order valence-electron chi connectivity index (χ0n) is 13.1. The third-order valence-electron chi connectivity index (χ3n) is 4.06. The van der Waals surface area contributed by atoms with Crippen molar-refractivity contribution in [3.8, 4) is 5.75 Å². The van der Waals surface area contributed by atoms with E-state index in [1.54, 1.807) is 7.11 Å². The van der Waals surface area contributed by atoms with E-state index in [0.29, 0.717) is 30.9 Å². The number of hydrogen-bond donors (Lipinski definition) is 0. The lowest BCUT2D eigenvalue weighted by atomic mass is 9.93. The van der Waals surface area contributed by atoms with Gasteiger partial charge in [0, 0.05) is 12.0 Å². The van der Waals surface area contributed by atoms with E-state index < -0.39 is 0 Å². The first kappa shape index (κ1) is 15.3. The van der Waals surface area contributed by atoms with E-state index in [9.17, 15) is 4.79 Å². The van der Waals surface area contributed by atoms with Crippen LogP contribution in [0.2, 0.25) is 0 Å². The van der Waals surface area contributed by atoms with E-state index in [2.05, 4.69) is 6.92 Å². The number of fused-ring (bicyclic) bond motifs is 1. The van der Waals surface area contributed by atoms with Gasteiger partial charge in [-0.15, -0.1) is 0 Å². The van der Waals surface area contributed by atoms with Gasteiger partial charge in [0.1, 0.15) is 17.4 Å². The standard InChI is InChI=1S/C17H22O5/c1-3-5-13-9-11-8-12(17-20-6-4-7-21-17)10-14(19-2)15(11)16(18)22-13/h8,10,13,17H,3-7,9H2,1-2H3/t13-/m1/s1. The average molecular weight is 306 g/mol. The van der Waals surface area contributed by atoms with Gasteiger partial charge in [0.15, 0.2) is 6.29 Å². The molecule has 3 rings (SSSR count). The van der Waals surface area contributed by atoms with Crippen LogP contribution in [0.3, 0.4) is 0 Å². The predicted octanol–water partition coefficient (Wildman–Crippen LogP) is 3.01. The van der Waals surface area contributed by atoms with E-state index >= 15 is 0 Å². The first-order valence-corrected chi connectivity index (χ1v) is 7.88. The minimum Gasteiger partial charge on any atom is -0.496 e. The largest absolute Gasteiger partial charge is 0.496 e. The summed E-state index contributed by atoms with van der Waals surface area (Å²) in [5.74, 6) is 0.235. The average Bonchev–Trinajstić information content (AvgIpc) is 2.54. The Balaban J connectivity index is 1.95. The van der Waals surface area contributed by atoms with Gasteiger partial charge >= 0.3 is 5.97 Å². The third-order valence-corrected chi connectivity index (χ3v) is 4.06. The second-order valence-electron chi connectivity index (χ2n) is 5.70. The molecule has 0 radical (unpaired) electrons. The number of methoxy groups -OCH3 is 1. The Morgan fingerprint density at radius 2 is 2.05 bits per heavy atom. The Labute approximate surface area is 130 Å². The Hall–Kier alpha value is -1.59. The van der Waals surface area contributed by atoms with Gasteiger partial charge in [0.05, 0.1) is 20.3 Å². The highest BCUT2D eigenvalue weighted by atomic mass is 16.7. The zero-order chi connectivity index (χ0) is 15.5. The Morgan fingerprint density at radius 3 is 2.73 bits per heavy atom. The second kappa shape index (κ2) is 6.67. The lowest BCUT2D eigenvalue weighted by molar-refractivity contribution is -0.183. The van der Waals surface area contributed by atoms with Gasteiger partial charge < -0.3 is 18.9 Å². The van der Waals surface area contributed by atoms with Crippen LogP contribution in [0.4, 0.5) is 0 Å². The molecule has 22 heavy (non-hydrogen) atoms. The quantitative estimate of drug-likeness (QED) is 0.800. The monoisotopic (exact) mass is 306 g/mol. The van der Waals surface area contributed by atoms with Crippen LogP contribution in [0.5, 0.6) is 5.75 Å². The number of esters is 1. The van der Waals surface area contributed by atoms with E-state index in [-0.39, 0.29) is 18.4 Å². The number of hydrogen-bond acceptors (Lipinski definition) is 5. The molecule has 1 saturated heterocycles. The predicted molar refractivity (Wildman–Crippen MR) is 80.1 cm³/mol. The van der Waals surface area contributed by atoms with Crippen LogP contribution < -0.4 is 4.74 Å². The van der Waals surface area contributed by atoms with Crippen LogP contribution in [0.15, 0.2) is 12.1 Å². The number of rotatable bonds is 4. The third kappa shape index (κ3) is 2.96. The van der Waals surface area contributed by atoms with Crippen molar-refractivity contribution < 1.29 is 23.7 Å². The molecule has 0 N–H and O–H groups in total. The van der Waals surface area contributed by atoms with Crippen LogP contribution in [0, 0.1) is 0 Å². The molecule has 2 aliphatic rings. The molecule has 1 fully saturated rings. The molecule has 120 valence electrons. The maximum absolute atomic E-state index is 12.3. The highest BCUT2D eigenvalue weighted by Crippen LogP contribution is 2.35. The fraction of sp³-hybridized carbons (Fsp3) is 0.588. The topological polar surface area (TPSA) is 54.0 Å². The summed E-state index contributed by atoms with van der Waals surface area (Å²) in [6.45, 7) is 3.46. The summed E-state index contributed by atoms with van der Waals surface area (Å²) >= 11 is 0. The summed E-state index contributed by atoms with van der Waals surface area (Å²) in [5.41, 5.74) is 2.40. The molecule has 1 aromatic carbocycles. The molecule has 1 atom stereocenters. The molecule has 0 aliphatic carbocycles. The van der Waals surface area contributed by atoms with Crippen molar-refractivity contribution in [2.75, 3.05) is 20.3 Å². The van der Waals surface area contributed by atoms with Gasteiger partial charge in [-0.05, 0) is 30.5 Å². The molecule has 0 bridgehead atoms. The van der Waals surface area contributed by atoms with Crippen LogP contribution in [0.25, 0.3) is 0 Å². The Morgan fingerprint density at radius 1 is 1.27 bits per heavy atom. The van der Waals surface area contributed by atoms with Crippen molar-refractivity contribution in [3.63, 3.8) is 0 Å². The van der Waals surface area contributed by atoms with Crippen molar-refractivity contribution in [3.05, 3.63) is 28.8 Å². The molecule has 2 heterocycles. The number of ether oxygens (including phenoxy) is 4. The minimum atomic E-state index is -0.379. The van der Waals surface area contributed by atoms with Gasteiger partial charge in [0.25, 0.3) is 0 Å². The Kier molecular flexibility index (Phi) is 4.64. The van der Waals surface area contributed by atoms with E-state index in [4.69, 9.17) is 18.9 Å². The van der Waals surface area contributed by atoms with Gasteiger partial charge in [0.2, 0.25) is 0 Å². The molecule has 2 aliphatic heterocycles. The highest BCUT2D eigenvalue weighted by Gasteiger charge is 2.31. The molecular weight excluding hydrogens is 284 g/mol. The van der Waals surface area contributed by atoms with E-state index in [0.717, 1.165) is 30.4 Å². The fourth-order valence-electron chi connectivity index (χ4n) is 3.05. The SMILES string of the molecule is CCC[C@@H]1Cc2cc(C3OCCCO3)cc(OC)c2C(=O)O1. The molecule has 0 unspecified atom stereocenters. The van der Waals surface area contributed by atoms with Crippen LogP contribution in [-0.2, 0) is 20.6 Å². The van der Waals surface area contributed by atoms with Gasteiger partial charge in [-0.3, -0.25) is 0 Å². The van der Waals surface area contributed by atoms with Crippen molar-refractivity contribution in [1.82, 2.24) is 0 Å². The van der Waals surface area contributed by atoms with Crippen molar-refractivity contribution >= 4 is 5.97 Å². The number of carbonyl (C=O) groups excluding carboxylic acids is 1. The molecule has 5 heteroatoms. The fourth-order valence-corrected chi connectivity index (χ4v) is 3.05.